The number of nitrogens with one attached hydrogen (secondary N) is 3. The van der Waals surface area contributed by atoms with E-state index in [-0.39, 0.29) is 23.5 Å². The van der Waals surface area contributed by atoms with Crippen LogP contribution >= 0.6 is 34.7 Å². The third kappa shape index (κ3) is 7.39. The number of carbonyl (C=O) groups is 3. The molecular weight excluding hydrogens is 456 g/mol. The molecule has 3 N–H and O–H groups in total. The van der Waals surface area contributed by atoms with Crippen LogP contribution in [0.15, 0.2) is 53.9 Å². The van der Waals surface area contributed by atoms with Gasteiger partial charge in [-0.2, -0.15) is 0 Å². The van der Waals surface area contributed by atoms with Gasteiger partial charge in [-0.3, -0.25) is 19.7 Å². The zero-order chi connectivity index (χ0) is 22.2. The number of hydrogen-bond donors (Lipinski definition) is 3. The Hall–Kier alpha value is -2.88. The number of halogens is 1. The van der Waals surface area contributed by atoms with Crippen LogP contribution in [0.4, 0.5) is 16.5 Å². The average Bonchev–Trinajstić information content (AvgIpc) is 3.16. The van der Waals surface area contributed by atoms with Gasteiger partial charge in [0.2, 0.25) is 11.8 Å². The molecule has 31 heavy (non-hydrogen) atoms. The van der Waals surface area contributed by atoms with Crippen molar-refractivity contribution in [3.63, 3.8) is 0 Å². The van der Waals surface area contributed by atoms with Crippen LogP contribution in [0.3, 0.4) is 0 Å². The summed E-state index contributed by atoms with van der Waals surface area (Å²) >= 11 is 8.58. The van der Waals surface area contributed by atoms with E-state index in [1.54, 1.807) is 48.5 Å². The van der Waals surface area contributed by atoms with E-state index in [2.05, 4.69) is 20.9 Å². The van der Waals surface area contributed by atoms with Gasteiger partial charge in [0.1, 0.15) is 0 Å². The van der Waals surface area contributed by atoms with E-state index in [1.807, 2.05) is 5.38 Å². The Bertz CT molecular complexity index is 1070. The Kier molecular flexibility index (Phi) is 8.05. The summed E-state index contributed by atoms with van der Waals surface area (Å²) in [4.78, 5) is 39.7. The van der Waals surface area contributed by atoms with E-state index in [0.29, 0.717) is 32.8 Å². The van der Waals surface area contributed by atoms with Gasteiger partial charge >= 0.3 is 0 Å². The first-order valence-corrected chi connectivity index (χ1v) is 11.6. The number of hydrogen-bond acceptors (Lipinski definition) is 6. The molecule has 0 aliphatic carbocycles. The molecule has 1 heterocycles. The number of amides is 3. The second kappa shape index (κ2) is 10.9. The number of carbonyl (C=O) groups excluding carboxylic acids is 3. The molecule has 0 aliphatic heterocycles. The first kappa shape index (κ1) is 22.8. The fraction of sp³-hybridized carbons (Fsp3) is 0.143. The molecule has 0 unspecified atom stereocenters. The van der Waals surface area contributed by atoms with Gasteiger partial charge < -0.3 is 10.6 Å². The highest BCUT2D eigenvalue weighted by Gasteiger charge is 2.10. The predicted molar refractivity (Wildman–Crippen MR) is 127 cm³/mol. The van der Waals surface area contributed by atoms with Crippen molar-refractivity contribution in [3.8, 4) is 0 Å². The van der Waals surface area contributed by atoms with Gasteiger partial charge in [-0.1, -0.05) is 11.6 Å². The van der Waals surface area contributed by atoms with Gasteiger partial charge in [0.25, 0.3) is 5.91 Å². The van der Waals surface area contributed by atoms with E-state index in [1.165, 1.54) is 30.0 Å². The summed E-state index contributed by atoms with van der Waals surface area (Å²) in [6.45, 7) is 1.44. The second-order valence-corrected chi connectivity index (χ2v) is 8.68. The summed E-state index contributed by atoms with van der Waals surface area (Å²) in [5.41, 5.74) is 2.61. The van der Waals surface area contributed by atoms with Crippen molar-refractivity contribution in [1.82, 2.24) is 4.98 Å². The molecule has 0 bridgehead atoms. The second-order valence-electron chi connectivity index (χ2n) is 6.40. The Balaban J connectivity index is 1.42. The quantitative estimate of drug-likeness (QED) is 0.432. The molecule has 3 aromatic rings. The number of nitrogens with zero attached hydrogens (tertiary/aromatic N) is 1. The van der Waals surface area contributed by atoms with Crippen molar-refractivity contribution in [1.29, 1.82) is 0 Å². The standard InChI is InChI=1S/C21H19ClN4O3S2/c1-13(27)23-16-6-8-17(9-7-16)24-19(28)12-30-10-18-11-31-21(25-18)26-20(29)14-2-4-15(22)5-3-14/h2-9,11H,10,12H2,1H3,(H,23,27)(H,24,28)(H,25,26,29). The third-order valence-corrected chi connectivity index (χ3v) is 5.88. The van der Waals surface area contributed by atoms with Crippen LogP contribution < -0.4 is 16.0 Å². The van der Waals surface area contributed by atoms with Crippen molar-refractivity contribution < 1.29 is 14.4 Å². The largest absolute Gasteiger partial charge is 0.326 e. The molecule has 0 spiro atoms. The highest BCUT2D eigenvalue weighted by Crippen LogP contribution is 2.21. The highest BCUT2D eigenvalue weighted by molar-refractivity contribution is 7.99. The Morgan fingerprint density at radius 1 is 0.968 bits per heavy atom. The Morgan fingerprint density at radius 2 is 1.61 bits per heavy atom. The van der Waals surface area contributed by atoms with E-state index in [0.717, 1.165) is 5.69 Å². The highest BCUT2D eigenvalue weighted by atomic mass is 35.5. The molecule has 0 fully saturated rings. The fourth-order valence-electron chi connectivity index (χ4n) is 2.49. The van der Waals surface area contributed by atoms with Crippen LogP contribution in [-0.4, -0.2) is 28.5 Å². The first-order chi connectivity index (χ1) is 14.9. The minimum atomic E-state index is -0.255. The minimum Gasteiger partial charge on any atom is -0.326 e. The van der Waals surface area contributed by atoms with Gasteiger partial charge in [0.05, 0.1) is 11.4 Å². The van der Waals surface area contributed by atoms with Gasteiger partial charge in [0.15, 0.2) is 5.13 Å². The summed E-state index contributed by atoms with van der Waals surface area (Å²) in [5.74, 6) is 0.264. The van der Waals surface area contributed by atoms with E-state index in [4.69, 9.17) is 11.6 Å². The van der Waals surface area contributed by atoms with Crippen LogP contribution in [-0.2, 0) is 15.3 Å². The number of benzene rings is 2. The predicted octanol–water partition coefficient (Wildman–Crippen LogP) is 4.88. The van der Waals surface area contributed by atoms with Crippen molar-refractivity contribution in [2.24, 2.45) is 0 Å². The molecule has 0 atom stereocenters. The van der Waals surface area contributed by atoms with Gasteiger partial charge in [-0.15, -0.1) is 23.1 Å². The molecule has 0 saturated carbocycles. The normalized spacial score (nSPS) is 10.4. The lowest BCUT2D eigenvalue weighted by Crippen LogP contribution is -2.14. The minimum absolute atomic E-state index is 0.135. The lowest BCUT2D eigenvalue weighted by molar-refractivity contribution is -0.114. The summed E-state index contributed by atoms with van der Waals surface area (Å²) in [7, 11) is 0. The molecule has 2 aromatic carbocycles. The molecule has 0 aliphatic rings. The summed E-state index contributed by atoms with van der Waals surface area (Å²) in [6.07, 6.45) is 0. The SMILES string of the molecule is CC(=O)Nc1ccc(NC(=O)CSCc2csc(NC(=O)c3ccc(Cl)cc3)n2)cc1. The molecule has 160 valence electrons. The third-order valence-electron chi connectivity index (χ3n) is 3.85. The maximum absolute atomic E-state index is 12.2. The van der Waals surface area contributed by atoms with Gasteiger partial charge in [-0.25, -0.2) is 4.98 Å². The van der Waals surface area contributed by atoms with Crippen LogP contribution in [0.2, 0.25) is 5.02 Å². The van der Waals surface area contributed by atoms with Gasteiger partial charge in [0, 0.05) is 40.0 Å². The molecule has 7 nitrogen and oxygen atoms in total. The van der Waals surface area contributed by atoms with E-state index < -0.39 is 0 Å². The molecule has 1 aromatic heterocycles. The van der Waals surface area contributed by atoms with Crippen molar-refractivity contribution in [3.05, 3.63) is 70.2 Å². The van der Waals surface area contributed by atoms with E-state index in [9.17, 15) is 14.4 Å². The van der Waals surface area contributed by atoms with Crippen molar-refractivity contribution in [2.75, 3.05) is 21.7 Å². The lowest BCUT2D eigenvalue weighted by Gasteiger charge is -2.06. The summed E-state index contributed by atoms with van der Waals surface area (Å²) in [6, 6.07) is 13.5. The zero-order valence-electron chi connectivity index (χ0n) is 16.5. The smallest absolute Gasteiger partial charge is 0.257 e. The molecule has 0 saturated heterocycles. The van der Waals surface area contributed by atoms with Crippen LogP contribution in [0, 0.1) is 0 Å². The number of aromatic nitrogens is 1. The number of rotatable bonds is 8. The Labute approximate surface area is 192 Å². The zero-order valence-corrected chi connectivity index (χ0v) is 18.9. The van der Waals surface area contributed by atoms with Crippen molar-refractivity contribution in [2.45, 2.75) is 12.7 Å². The maximum atomic E-state index is 12.2. The number of anilines is 3. The van der Waals surface area contributed by atoms with Gasteiger partial charge in [-0.05, 0) is 48.5 Å². The fourth-order valence-corrected chi connectivity index (χ4v) is 4.14. The van der Waals surface area contributed by atoms with Crippen LogP contribution in [0.1, 0.15) is 23.0 Å². The first-order valence-electron chi connectivity index (χ1n) is 9.15. The Morgan fingerprint density at radius 3 is 2.26 bits per heavy atom. The molecule has 3 rings (SSSR count). The van der Waals surface area contributed by atoms with E-state index >= 15 is 0 Å². The molecule has 3 amide bonds. The maximum Gasteiger partial charge on any atom is 0.257 e. The number of thiazole rings is 1. The average molecular weight is 475 g/mol. The summed E-state index contributed by atoms with van der Waals surface area (Å²) < 4.78 is 0. The topological polar surface area (TPSA) is 100 Å². The number of thioether (sulfide) groups is 1. The molecular formula is C21H19ClN4O3S2. The molecule has 0 radical (unpaired) electrons. The lowest BCUT2D eigenvalue weighted by atomic mass is 10.2. The summed E-state index contributed by atoms with van der Waals surface area (Å²) in [5, 5.41) is 11.1. The monoisotopic (exact) mass is 474 g/mol. The van der Waals surface area contributed by atoms with Crippen molar-refractivity contribution >= 4 is 68.9 Å². The van der Waals surface area contributed by atoms with Crippen LogP contribution in [0.25, 0.3) is 0 Å². The molecule has 10 heteroatoms. The van der Waals surface area contributed by atoms with Crippen LogP contribution in [0.5, 0.6) is 0 Å².